The van der Waals surface area contributed by atoms with Crippen LogP contribution in [0.5, 0.6) is 0 Å². The second-order valence-corrected chi connectivity index (χ2v) is 10.6. The minimum absolute atomic E-state index is 0.228. The number of carbonyl (C=O) groups excluding carboxylic acids is 1. The lowest BCUT2D eigenvalue weighted by atomic mass is 10.0. The number of aryl methyl sites for hydroxylation is 1. The molecule has 0 aliphatic carbocycles. The van der Waals surface area contributed by atoms with Gasteiger partial charge in [0.1, 0.15) is 17.1 Å². The number of fused-ring (bicyclic) bond motifs is 3. The number of nitrogens with zero attached hydrogens (tertiary/aromatic N) is 3. The molecule has 1 amide bonds. The van der Waals surface area contributed by atoms with E-state index in [1.165, 1.54) is 25.7 Å². The first-order chi connectivity index (χ1) is 19.7. The van der Waals surface area contributed by atoms with Crippen LogP contribution < -0.4 is 5.32 Å². The standard InChI is InChI=1S/C33H24N4O2S/c1-21-28(31(36-39-21)22-9-3-2-4-10-22)18-35-33(38)29-19-34-20-37(29)24-12-7-11-23(17-24)25-14-8-15-27-26-13-5-6-16-30(26)40-32(25)27/h2-17,19-20H,18H2,1H3,(H,35,38). The lowest BCUT2D eigenvalue weighted by Gasteiger charge is -2.11. The number of rotatable bonds is 6. The summed E-state index contributed by atoms with van der Waals surface area (Å²) < 4.78 is 9.80. The minimum Gasteiger partial charge on any atom is -0.361 e. The van der Waals surface area contributed by atoms with E-state index in [0.29, 0.717) is 11.5 Å². The molecule has 6 nitrogen and oxygen atoms in total. The van der Waals surface area contributed by atoms with Crippen molar-refractivity contribution in [1.82, 2.24) is 20.0 Å². The molecule has 40 heavy (non-hydrogen) atoms. The first kappa shape index (κ1) is 24.1. The van der Waals surface area contributed by atoms with Crippen LogP contribution in [0.4, 0.5) is 0 Å². The van der Waals surface area contributed by atoms with Crippen molar-refractivity contribution < 1.29 is 9.32 Å². The van der Waals surface area contributed by atoms with Crippen molar-refractivity contribution in [3.05, 3.63) is 127 Å². The first-order valence-electron chi connectivity index (χ1n) is 13.0. The van der Waals surface area contributed by atoms with Gasteiger partial charge >= 0.3 is 0 Å². The van der Waals surface area contributed by atoms with Gasteiger partial charge in [0.25, 0.3) is 5.91 Å². The molecular formula is C33H24N4O2S. The summed E-state index contributed by atoms with van der Waals surface area (Å²) in [5, 5.41) is 9.78. The van der Waals surface area contributed by atoms with E-state index in [4.69, 9.17) is 4.52 Å². The molecule has 3 aromatic heterocycles. The van der Waals surface area contributed by atoms with Crippen molar-refractivity contribution in [2.45, 2.75) is 13.5 Å². The highest BCUT2D eigenvalue weighted by Crippen LogP contribution is 2.40. The molecule has 0 bridgehead atoms. The summed E-state index contributed by atoms with van der Waals surface area (Å²) in [5.74, 6) is 0.449. The minimum atomic E-state index is -0.228. The molecule has 7 heteroatoms. The number of nitrogens with one attached hydrogen (secondary N) is 1. The highest BCUT2D eigenvalue weighted by Gasteiger charge is 2.18. The molecule has 3 heterocycles. The molecule has 0 saturated carbocycles. The Morgan fingerprint density at radius 3 is 2.58 bits per heavy atom. The van der Waals surface area contributed by atoms with Crippen molar-refractivity contribution in [2.24, 2.45) is 0 Å². The molecule has 0 spiro atoms. The van der Waals surface area contributed by atoms with Gasteiger partial charge in [-0.15, -0.1) is 11.3 Å². The Morgan fingerprint density at radius 1 is 0.900 bits per heavy atom. The molecule has 1 N–H and O–H groups in total. The van der Waals surface area contributed by atoms with Crippen LogP contribution in [-0.2, 0) is 6.54 Å². The fourth-order valence-corrected chi connectivity index (χ4v) is 6.39. The van der Waals surface area contributed by atoms with E-state index in [1.54, 1.807) is 23.9 Å². The van der Waals surface area contributed by atoms with E-state index in [9.17, 15) is 4.79 Å². The summed E-state index contributed by atoms with van der Waals surface area (Å²) in [7, 11) is 0. The van der Waals surface area contributed by atoms with Crippen molar-refractivity contribution in [2.75, 3.05) is 0 Å². The molecule has 7 rings (SSSR count). The van der Waals surface area contributed by atoms with Crippen molar-refractivity contribution in [1.29, 1.82) is 0 Å². The molecule has 0 saturated heterocycles. The molecule has 0 fully saturated rings. The summed E-state index contributed by atoms with van der Waals surface area (Å²) in [6.45, 7) is 2.14. The Balaban J connectivity index is 1.19. The van der Waals surface area contributed by atoms with E-state index >= 15 is 0 Å². The summed E-state index contributed by atoms with van der Waals surface area (Å²) in [5.41, 5.74) is 6.10. The number of carbonyl (C=O) groups is 1. The molecule has 4 aromatic carbocycles. The van der Waals surface area contributed by atoms with Crippen LogP contribution in [0.25, 0.3) is 48.2 Å². The van der Waals surface area contributed by atoms with Crippen LogP contribution in [0, 0.1) is 6.92 Å². The molecule has 0 radical (unpaired) electrons. The maximum atomic E-state index is 13.4. The molecule has 0 atom stereocenters. The van der Waals surface area contributed by atoms with Gasteiger partial charge < -0.3 is 9.84 Å². The lowest BCUT2D eigenvalue weighted by Crippen LogP contribution is -2.25. The molecule has 194 valence electrons. The maximum absolute atomic E-state index is 13.4. The quantitative estimate of drug-likeness (QED) is 0.234. The van der Waals surface area contributed by atoms with Gasteiger partial charge in [0.15, 0.2) is 0 Å². The predicted molar refractivity (Wildman–Crippen MR) is 160 cm³/mol. The largest absolute Gasteiger partial charge is 0.361 e. The number of hydrogen-bond acceptors (Lipinski definition) is 5. The number of thiophene rings is 1. The van der Waals surface area contributed by atoms with Gasteiger partial charge in [0.05, 0.1) is 12.5 Å². The van der Waals surface area contributed by atoms with E-state index in [2.05, 4.69) is 70.1 Å². The number of aromatic nitrogens is 3. The van der Waals surface area contributed by atoms with Crippen LogP contribution in [0.2, 0.25) is 0 Å². The molecule has 0 unspecified atom stereocenters. The Labute approximate surface area is 234 Å². The van der Waals surface area contributed by atoms with Crippen molar-refractivity contribution in [3.63, 3.8) is 0 Å². The van der Waals surface area contributed by atoms with Crippen LogP contribution in [0.15, 0.2) is 114 Å². The summed E-state index contributed by atoms with van der Waals surface area (Å²) in [6.07, 6.45) is 3.27. The normalized spacial score (nSPS) is 11.3. The third kappa shape index (κ3) is 4.17. The molecule has 0 aliphatic rings. The zero-order chi connectivity index (χ0) is 27.1. The fourth-order valence-electron chi connectivity index (χ4n) is 5.15. The monoisotopic (exact) mass is 540 g/mol. The summed E-state index contributed by atoms with van der Waals surface area (Å²) in [6, 6.07) is 33.0. The zero-order valence-electron chi connectivity index (χ0n) is 21.7. The predicted octanol–water partition coefficient (Wildman–Crippen LogP) is 7.80. The smallest absolute Gasteiger partial charge is 0.270 e. The second-order valence-electron chi connectivity index (χ2n) is 9.59. The molecular weight excluding hydrogens is 516 g/mol. The Morgan fingerprint density at radius 2 is 1.68 bits per heavy atom. The van der Waals surface area contributed by atoms with Crippen LogP contribution in [0.1, 0.15) is 21.8 Å². The molecule has 7 aromatic rings. The number of imidazole rings is 1. The van der Waals surface area contributed by atoms with Crippen LogP contribution in [0.3, 0.4) is 0 Å². The third-order valence-corrected chi connectivity index (χ3v) is 8.39. The van der Waals surface area contributed by atoms with Crippen LogP contribution in [-0.4, -0.2) is 20.6 Å². The number of hydrogen-bond donors (Lipinski definition) is 1. The van der Waals surface area contributed by atoms with Crippen molar-refractivity contribution in [3.8, 4) is 28.1 Å². The Bertz CT molecular complexity index is 2000. The second kappa shape index (κ2) is 9.94. The van der Waals surface area contributed by atoms with Crippen molar-refractivity contribution >= 4 is 37.4 Å². The zero-order valence-corrected chi connectivity index (χ0v) is 22.5. The van der Waals surface area contributed by atoms with Gasteiger partial charge in [-0.05, 0) is 36.2 Å². The average molecular weight is 541 g/mol. The van der Waals surface area contributed by atoms with E-state index in [-0.39, 0.29) is 12.5 Å². The highest BCUT2D eigenvalue weighted by atomic mass is 32.1. The van der Waals surface area contributed by atoms with Gasteiger partial charge in [0, 0.05) is 43.5 Å². The van der Waals surface area contributed by atoms with Gasteiger partial charge in [0.2, 0.25) is 0 Å². The Hall–Kier alpha value is -5.01. The maximum Gasteiger partial charge on any atom is 0.270 e. The van der Waals surface area contributed by atoms with Gasteiger partial charge in [-0.25, -0.2) is 4.98 Å². The fraction of sp³-hybridized carbons (Fsp3) is 0.0606. The van der Waals surface area contributed by atoms with Gasteiger partial charge in [-0.3, -0.25) is 9.36 Å². The molecule has 0 aliphatic heterocycles. The lowest BCUT2D eigenvalue weighted by molar-refractivity contribution is 0.0944. The van der Waals surface area contributed by atoms with Gasteiger partial charge in [-0.2, -0.15) is 0 Å². The van der Waals surface area contributed by atoms with E-state index in [0.717, 1.165) is 28.1 Å². The third-order valence-electron chi connectivity index (χ3n) is 7.17. The van der Waals surface area contributed by atoms with Gasteiger partial charge in [-0.1, -0.05) is 84.0 Å². The average Bonchev–Trinajstić information content (AvgIpc) is 3.73. The SMILES string of the molecule is Cc1onc(-c2ccccc2)c1CNC(=O)c1cncn1-c1cccc(-c2cccc3c2sc2ccccc23)c1. The topological polar surface area (TPSA) is 73.0 Å². The summed E-state index contributed by atoms with van der Waals surface area (Å²) in [4.78, 5) is 17.7. The van der Waals surface area contributed by atoms with Crippen LogP contribution >= 0.6 is 11.3 Å². The van der Waals surface area contributed by atoms with E-state index in [1.807, 2.05) is 54.0 Å². The highest BCUT2D eigenvalue weighted by molar-refractivity contribution is 7.26. The number of amides is 1. The Kier molecular flexibility index (Phi) is 5.98. The van der Waals surface area contributed by atoms with E-state index < -0.39 is 0 Å². The number of benzene rings is 4. The first-order valence-corrected chi connectivity index (χ1v) is 13.8. The summed E-state index contributed by atoms with van der Waals surface area (Å²) >= 11 is 1.80.